The fourth-order valence-electron chi connectivity index (χ4n) is 2.10. The van der Waals surface area contributed by atoms with Crippen LogP contribution in [0.4, 0.5) is 9.18 Å². The van der Waals surface area contributed by atoms with E-state index in [-0.39, 0.29) is 12.4 Å². The van der Waals surface area contributed by atoms with Crippen molar-refractivity contribution in [1.29, 1.82) is 0 Å². The lowest BCUT2D eigenvalue weighted by Crippen LogP contribution is -2.47. The summed E-state index contributed by atoms with van der Waals surface area (Å²) < 4.78 is 13.5. The van der Waals surface area contributed by atoms with E-state index in [9.17, 15) is 14.0 Å². The molecule has 0 atom stereocenters. The highest BCUT2D eigenvalue weighted by Gasteiger charge is 2.51. The zero-order valence-corrected chi connectivity index (χ0v) is 11.4. The van der Waals surface area contributed by atoms with Gasteiger partial charge in [0.25, 0.3) is 0 Å². The van der Waals surface area contributed by atoms with Gasteiger partial charge in [-0.2, -0.15) is 0 Å². The maximum Gasteiger partial charge on any atom is 0.329 e. The van der Waals surface area contributed by atoms with E-state index in [1.807, 2.05) is 0 Å². The molecule has 1 fully saturated rings. The molecule has 3 N–H and O–H groups in total. The second kappa shape index (κ2) is 5.11. The topological polar surface area (TPSA) is 78.4 Å². The molecule has 0 aliphatic heterocycles. The van der Waals surface area contributed by atoms with Crippen molar-refractivity contribution in [3.8, 4) is 0 Å². The molecule has 0 bridgehead atoms. The van der Waals surface area contributed by atoms with Crippen LogP contribution in [-0.4, -0.2) is 22.6 Å². The van der Waals surface area contributed by atoms with Crippen molar-refractivity contribution in [3.63, 3.8) is 0 Å². The molecule has 2 rings (SSSR count). The molecule has 20 heavy (non-hydrogen) atoms. The molecule has 0 spiro atoms. The number of halogens is 1. The molecule has 1 aromatic rings. The predicted molar refractivity (Wildman–Crippen MR) is 70.8 cm³/mol. The van der Waals surface area contributed by atoms with Gasteiger partial charge in [-0.05, 0) is 43.4 Å². The van der Waals surface area contributed by atoms with Crippen LogP contribution < -0.4 is 10.6 Å². The largest absolute Gasteiger partial charge is 0.480 e. The molecule has 1 aliphatic rings. The number of carbonyl (C=O) groups is 2. The highest BCUT2D eigenvalue weighted by molar-refractivity contribution is 5.88. The molecule has 1 aromatic carbocycles. The van der Waals surface area contributed by atoms with Gasteiger partial charge in [-0.15, -0.1) is 0 Å². The quantitative estimate of drug-likeness (QED) is 0.787. The molecule has 1 saturated carbocycles. The first-order chi connectivity index (χ1) is 9.34. The van der Waals surface area contributed by atoms with Crippen LogP contribution in [0.3, 0.4) is 0 Å². The molecule has 2 amide bonds. The Hall–Kier alpha value is -2.11. The number of carboxylic acid groups (broad SMARTS) is 1. The summed E-state index contributed by atoms with van der Waals surface area (Å²) in [6.45, 7) is 3.55. The minimum Gasteiger partial charge on any atom is -0.480 e. The fourth-order valence-corrected chi connectivity index (χ4v) is 2.10. The van der Waals surface area contributed by atoms with E-state index in [1.165, 1.54) is 0 Å². The number of aliphatic carboxylic acids is 1. The lowest BCUT2D eigenvalue weighted by Gasteiger charge is -2.14. The second-order valence-corrected chi connectivity index (χ2v) is 5.24. The van der Waals surface area contributed by atoms with Crippen molar-refractivity contribution in [2.24, 2.45) is 0 Å². The predicted octanol–water partition coefficient (Wildman–Crippen LogP) is 1.86. The number of aryl methyl sites for hydroxylation is 2. The highest BCUT2D eigenvalue weighted by atomic mass is 19.1. The molecule has 5 nitrogen and oxygen atoms in total. The molecule has 6 heteroatoms. The van der Waals surface area contributed by atoms with Gasteiger partial charge >= 0.3 is 12.0 Å². The molecule has 0 radical (unpaired) electrons. The number of carbonyl (C=O) groups excluding carboxylic acids is 1. The van der Waals surface area contributed by atoms with E-state index in [1.54, 1.807) is 26.0 Å². The Balaban J connectivity index is 1.92. The molecule has 0 saturated heterocycles. The number of carboxylic acids is 1. The van der Waals surface area contributed by atoms with Crippen molar-refractivity contribution < 1.29 is 19.1 Å². The van der Waals surface area contributed by atoms with E-state index in [2.05, 4.69) is 10.6 Å². The fraction of sp³-hybridized carbons (Fsp3) is 0.429. The van der Waals surface area contributed by atoms with Crippen LogP contribution in [-0.2, 0) is 11.3 Å². The summed E-state index contributed by atoms with van der Waals surface area (Å²) in [5.74, 6) is -1.26. The Kier molecular flexibility index (Phi) is 3.65. The molecule has 0 aromatic heterocycles. The van der Waals surface area contributed by atoms with Crippen LogP contribution in [0.15, 0.2) is 12.1 Å². The van der Waals surface area contributed by atoms with Gasteiger partial charge in [-0.25, -0.2) is 14.0 Å². The summed E-state index contributed by atoms with van der Waals surface area (Å²) in [5.41, 5.74) is 0.716. The number of urea groups is 1. The third-order valence-corrected chi connectivity index (χ3v) is 3.46. The van der Waals surface area contributed by atoms with Gasteiger partial charge in [0.2, 0.25) is 0 Å². The lowest BCUT2D eigenvalue weighted by atomic mass is 10.1. The SMILES string of the molecule is Cc1cc(CNC(=O)NC2(C(=O)O)CC2)cc(C)c1F. The summed E-state index contributed by atoms with van der Waals surface area (Å²) in [7, 11) is 0. The Morgan fingerprint density at radius 1 is 1.30 bits per heavy atom. The molecule has 0 heterocycles. The van der Waals surface area contributed by atoms with Crippen molar-refractivity contribution in [2.45, 2.75) is 38.8 Å². The van der Waals surface area contributed by atoms with Gasteiger partial charge in [0, 0.05) is 6.54 Å². The van der Waals surface area contributed by atoms with Gasteiger partial charge in [0.05, 0.1) is 0 Å². The average molecular weight is 280 g/mol. The van der Waals surface area contributed by atoms with Crippen molar-refractivity contribution in [3.05, 3.63) is 34.6 Å². The number of nitrogens with one attached hydrogen (secondary N) is 2. The zero-order chi connectivity index (χ0) is 14.9. The second-order valence-electron chi connectivity index (χ2n) is 5.24. The third kappa shape index (κ3) is 2.89. The van der Waals surface area contributed by atoms with Crippen LogP contribution in [0.2, 0.25) is 0 Å². The summed E-state index contributed by atoms with van der Waals surface area (Å²) in [5, 5.41) is 14.0. The molecular formula is C14H17FN2O3. The Bertz CT molecular complexity index is 545. The Labute approximate surface area is 116 Å². The maximum atomic E-state index is 13.5. The Morgan fingerprint density at radius 3 is 2.30 bits per heavy atom. The first-order valence-corrected chi connectivity index (χ1v) is 6.39. The molecule has 108 valence electrons. The lowest BCUT2D eigenvalue weighted by molar-refractivity contribution is -0.140. The minimum atomic E-state index is -1.10. The number of benzene rings is 1. The summed E-state index contributed by atoms with van der Waals surface area (Å²) in [6.07, 6.45) is 0.898. The van der Waals surface area contributed by atoms with E-state index in [0.717, 1.165) is 5.56 Å². The zero-order valence-electron chi connectivity index (χ0n) is 11.4. The normalized spacial score (nSPS) is 15.6. The summed E-state index contributed by atoms with van der Waals surface area (Å²) in [4.78, 5) is 22.6. The monoisotopic (exact) mass is 280 g/mol. The highest BCUT2D eigenvalue weighted by Crippen LogP contribution is 2.35. The van der Waals surface area contributed by atoms with Crippen molar-refractivity contribution >= 4 is 12.0 Å². The van der Waals surface area contributed by atoms with Gasteiger partial charge in [0.1, 0.15) is 11.4 Å². The van der Waals surface area contributed by atoms with Crippen molar-refractivity contribution in [1.82, 2.24) is 10.6 Å². The molecule has 0 unspecified atom stereocenters. The number of amides is 2. The number of rotatable bonds is 4. The van der Waals surface area contributed by atoms with E-state index in [4.69, 9.17) is 5.11 Å². The third-order valence-electron chi connectivity index (χ3n) is 3.46. The van der Waals surface area contributed by atoms with Gasteiger partial charge < -0.3 is 15.7 Å². The van der Waals surface area contributed by atoms with E-state index < -0.39 is 17.5 Å². The van der Waals surface area contributed by atoms with E-state index >= 15 is 0 Å². The van der Waals surface area contributed by atoms with Crippen LogP contribution in [0, 0.1) is 19.7 Å². The molecule has 1 aliphatic carbocycles. The molecular weight excluding hydrogens is 263 g/mol. The van der Waals surface area contributed by atoms with Crippen LogP contribution in [0.1, 0.15) is 29.5 Å². The van der Waals surface area contributed by atoms with Gasteiger partial charge in [-0.1, -0.05) is 12.1 Å². The first-order valence-electron chi connectivity index (χ1n) is 6.39. The number of hydrogen-bond donors (Lipinski definition) is 3. The first kappa shape index (κ1) is 14.3. The van der Waals surface area contributed by atoms with E-state index in [0.29, 0.717) is 24.0 Å². The van der Waals surface area contributed by atoms with Crippen LogP contribution in [0.25, 0.3) is 0 Å². The van der Waals surface area contributed by atoms with Gasteiger partial charge in [0.15, 0.2) is 0 Å². The summed E-state index contributed by atoms with van der Waals surface area (Å²) >= 11 is 0. The van der Waals surface area contributed by atoms with Crippen LogP contribution in [0.5, 0.6) is 0 Å². The van der Waals surface area contributed by atoms with Crippen molar-refractivity contribution in [2.75, 3.05) is 0 Å². The minimum absolute atomic E-state index is 0.226. The average Bonchev–Trinajstić information content (AvgIpc) is 3.14. The number of hydrogen-bond acceptors (Lipinski definition) is 2. The standard InChI is InChI=1S/C14H17FN2O3/c1-8-5-10(6-9(2)11(8)15)7-16-13(20)17-14(3-4-14)12(18)19/h5-6H,3-4,7H2,1-2H3,(H,18,19)(H2,16,17,20). The Morgan fingerprint density at radius 2 is 1.85 bits per heavy atom. The smallest absolute Gasteiger partial charge is 0.329 e. The summed E-state index contributed by atoms with van der Waals surface area (Å²) in [6, 6.07) is 2.80. The maximum absolute atomic E-state index is 13.5. The van der Waals surface area contributed by atoms with Crippen LogP contribution >= 0.6 is 0 Å². The van der Waals surface area contributed by atoms with Gasteiger partial charge in [-0.3, -0.25) is 0 Å².